The van der Waals surface area contributed by atoms with E-state index in [1.807, 2.05) is 13.0 Å². The predicted octanol–water partition coefficient (Wildman–Crippen LogP) is 2.28. The maximum atomic E-state index is 12.0. The van der Waals surface area contributed by atoms with Crippen LogP contribution in [-0.2, 0) is 9.84 Å². The van der Waals surface area contributed by atoms with Gasteiger partial charge in [-0.1, -0.05) is 22.9 Å². The van der Waals surface area contributed by atoms with Crippen molar-refractivity contribution >= 4 is 31.5 Å². The molecule has 0 aromatic heterocycles. The third-order valence-corrected chi connectivity index (χ3v) is 4.93. The van der Waals surface area contributed by atoms with Gasteiger partial charge in [0, 0.05) is 11.0 Å². The first-order valence-corrected chi connectivity index (χ1v) is 7.20. The molecule has 1 aliphatic heterocycles. The van der Waals surface area contributed by atoms with Crippen molar-refractivity contribution in [3.8, 4) is 0 Å². The average Bonchev–Trinajstić information content (AvgIpc) is 2.24. The lowest BCUT2D eigenvalue weighted by Gasteiger charge is -2.06. The molecule has 3 nitrogen and oxygen atoms in total. The molecule has 1 N–H and O–H groups in total. The summed E-state index contributed by atoms with van der Waals surface area (Å²) in [4.78, 5) is 0.404. The van der Waals surface area contributed by atoms with Crippen LogP contribution in [0.15, 0.2) is 27.6 Å². The second-order valence-corrected chi connectivity index (χ2v) is 6.83. The second kappa shape index (κ2) is 3.79. The van der Waals surface area contributed by atoms with Crippen molar-refractivity contribution in [2.45, 2.75) is 11.8 Å². The van der Waals surface area contributed by atoms with Gasteiger partial charge in [0.15, 0.2) is 9.84 Å². The monoisotopic (exact) mass is 289 g/mol. The van der Waals surface area contributed by atoms with E-state index in [-0.39, 0.29) is 11.7 Å². The Kier molecular flexibility index (Phi) is 2.77. The van der Waals surface area contributed by atoms with Gasteiger partial charge >= 0.3 is 0 Å². The molecule has 1 aromatic rings. The van der Waals surface area contributed by atoms with Gasteiger partial charge in [-0.25, -0.2) is 8.42 Å². The molecule has 0 amide bonds. The molecule has 1 unspecified atom stereocenters. The lowest BCUT2D eigenvalue weighted by molar-refractivity contribution is 0.582. The summed E-state index contributed by atoms with van der Waals surface area (Å²) in [6.07, 6.45) is 0. The van der Waals surface area contributed by atoms with Crippen molar-refractivity contribution in [1.29, 1.82) is 0 Å². The van der Waals surface area contributed by atoms with Gasteiger partial charge in [0.2, 0.25) is 0 Å². The Balaban J connectivity index is 2.60. The molecule has 1 atom stereocenters. The van der Waals surface area contributed by atoms with E-state index in [1.54, 1.807) is 12.1 Å². The molecule has 5 heteroatoms. The number of hydrogen-bond donors (Lipinski definition) is 1. The molecule has 0 saturated carbocycles. The van der Waals surface area contributed by atoms with Crippen LogP contribution in [0.4, 0.5) is 5.69 Å². The fraction of sp³-hybridized carbons (Fsp3) is 0.400. The summed E-state index contributed by atoms with van der Waals surface area (Å²) in [5.41, 5.74) is 0.711. The van der Waals surface area contributed by atoms with Crippen molar-refractivity contribution in [3.05, 3.63) is 22.7 Å². The van der Waals surface area contributed by atoms with Gasteiger partial charge in [0.25, 0.3) is 0 Å². The molecule has 1 aromatic carbocycles. The minimum atomic E-state index is -3.14. The fourth-order valence-corrected chi connectivity index (χ4v) is 4.05. The zero-order valence-corrected chi connectivity index (χ0v) is 10.7. The molecule has 0 bridgehead atoms. The van der Waals surface area contributed by atoms with Crippen LogP contribution >= 0.6 is 15.9 Å². The Bertz CT molecular complexity index is 484. The highest BCUT2D eigenvalue weighted by atomic mass is 79.9. The maximum Gasteiger partial charge on any atom is 0.180 e. The molecular formula is C10H12BrNO2S. The van der Waals surface area contributed by atoms with Crippen LogP contribution in [-0.4, -0.2) is 20.7 Å². The number of rotatable bonds is 0. The number of anilines is 1. The number of benzene rings is 1. The maximum absolute atomic E-state index is 12.0. The summed E-state index contributed by atoms with van der Waals surface area (Å²) in [5, 5.41) is 3.16. The SMILES string of the molecule is CC1CNc2ccc(Br)cc2S(=O)(=O)C1. The fourth-order valence-electron chi connectivity index (χ4n) is 1.71. The van der Waals surface area contributed by atoms with Gasteiger partial charge < -0.3 is 5.32 Å². The van der Waals surface area contributed by atoms with Crippen LogP contribution in [0.25, 0.3) is 0 Å². The van der Waals surface area contributed by atoms with Crippen LogP contribution in [0.2, 0.25) is 0 Å². The van der Waals surface area contributed by atoms with Crippen molar-refractivity contribution in [1.82, 2.24) is 0 Å². The number of sulfone groups is 1. The summed E-state index contributed by atoms with van der Waals surface area (Å²) in [6.45, 7) is 2.64. The highest BCUT2D eigenvalue weighted by Crippen LogP contribution is 2.29. The van der Waals surface area contributed by atoms with Crippen molar-refractivity contribution < 1.29 is 8.42 Å². The number of nitrogens with one attached hydrogen (secondary N) is 1. The summed E-state index contributed by atoms with van der Waals surface area (Å²) in [5.74, 6) is 0.352. The average molecular weight is 290 g/mol. The van der Waals surface area contributed by atoms with Gasteiger partial charge in [0.1, 0.15) is 0 Å². The third kappa shape index (κ3) is 2.18. The minimum absolute atomic E-state index is 0.140. The Morgan fingerprint density at radius 3 is 2.93 bits per heavy atom. The molecule has 1 heterocycles. The molecule has 0 aliphatic carbocycles. The predicted molar refractivity (Wildman–Crippen MR) is 63.8 cm³/mol. The summed E-state index contributed by atoms with van der Waals surface area (Å²) >= 11 is 3.29. The molecule has 0 radical (unpaired) electrons. The third-order valence-electron chi connectivity index (χ3n) is 2.42. The van der Waals surface area contributed by atoms with E-state index in [0.717, 1.165) is 4.47 Å². The van der Waals surface area contributed by atoms with E-state index >= 15 is 0 Å². The molecule has 0 fully saturated rings. The minimum Gasteiger partial charge on any atom is -0.384 e. The summed E-state index contributed by atoms with van der Waals surface area (Å²) in [6, 6.07) is 5.31. The second-order valence-electron chi connectivity index (χ2n) is 3.91. The zero-order valence-electron chi connectivity index (χ0n) is 8.33. The number of hydrogen-bond acceptors (Lipinski definition) is 3. The normalized spacial score (nSPS) is 23.7. The van der Waals surface area contributed by atoms with Gasteiger partial charge in [-0.3, -0.25) is 0 Å². The summed E-state index contributed by atoms with van der Waals surface area (Å²) in [7, 11) is -3.14. The van der Waals surface area contributed by atoms with Crippen LogP contribution in [0.3, 0.4) is 0 Å². The van der Waals surface area contributed by atoms with Gasteiger partial charge in [-0.15, -0.1) is 0 Å². The molecule has 2 rings (SSSR count). The van der Waals surface area contributed by atoms with Gasteiger partial charge in [0.05, 0.1) is 16.3 Å². The van der Waals surface area contributed by atoms with E-state index < -0.39 is 9.84 Å². The summed E-state index contributed by atoms with van der Waals surface area (Å²) < 4.78 is 24.8. The van der Waals surface area contributed by atoms with E-state index in [1.165, 1.54) is 0 Å². The zero-order chi connectivity index (χ0) is 11.1. The van der Waals surface area contributed by atoms with Crippen LogP contribution in [0.1, 0.15) is 6.92 Å². The first-order valence-electron chi connectivity index (χ1n) is 4.75. The molecule has 15 heavy (non-hydrogen) atoms. The Morgan fingerprint density at radius 2 is 2.20 bits per heavy atom. The highest BCUT2D eigenvalue weighted by Gasteiger charge is 2.25. The van der Waals surface area contributed by atoms with Crippen LogP contribution in [0, 0.1) is 5.92 Å². The van der Waals surface area contributed by atoms with Crippen LogP contribution < -0.4 is 5.32 Å². The number of halogens is 1. The Morgan fingerprint density at radius 1 is 1.47 bits per heavy atom. The van der Waals surface area contributed by atoms with E-state index in [2.05, 4.69) is 21.2 Å². The lowest BCUT2D eigenvalue weighted by atomic mass is 10.2. The lowest BCUT2D eigenvalue weighted by Crippen LogP contribution is -2.15. The topological polar surface area (TPSA) is 46.2 Å². The first kappa shape index (κ1) is 11.0. The molecule has 0 spiro atoms. The van der Waals surface area contributed by atoms with E-state index in [4.69, 9.17) is 0 Å². The molecule has 0 saturated heterocycles. The first-order chi connectivity index (χ1) is 6.99. The largest absolute Gasteiger partial charge is 0.384 e. The smallest absolute Gasteiger partial charge is 0.180 e. The van der Waals surface area contributed by atoms with E-state index in [0.29, 0.717) is 17.1 Å². The Labute approximate surface area is 97.9 Å². The molecular weight excluding hydrogens is 278 g/mol. The molecule has 82 valence electrons. The van der Waals surface area contributed by atoms with Crippen molar-refractivity contribution in [2.24, 2.45) is 5.92 Å². The van der Waals surface area contributed by atoms with Crippen molar-refractivity contribution in [3.63, 3.8) is 0 Å². The highest BCUT2D eigenvalue weighted by molar-refractivity contribution is 9.10. The standard InChI is InChI=1S/C10H12BrNO2S/c1-7-5-12-9-3-2-8(11)4-10(9)15(13,14)6-7/h2-4,7,12H,5-6H2,1H3. The van der Waals surface area contributed by atoms with Crippen molar-refractivity contribution in [2.75, 3.05) is 17.6 Å². The van der Waals surface area contributed by atoms with Gasteiger partial charge in [-0.05, 0) is 24.1 Å². The molecule has 1 aliphatic rings. The van der Waals surface area contributed by atoms with E-state index in [9.17, 15) is 8.42 Å². The van der Waals surface area contributed by atoms with Crippen LogP contribution in [0.5, 0.6) is 0 Å². The quantitative estimate of drug-likeness (QED) is 0.797. The number of fused-ring (bicyclic) bond motifs is 1. The Hall–Kier alpha value is -0.550. The van der Waals surface area contributed by atoms with Gasteiger partial charge in [-0.2, -0.15) is 0 Å².